The summed E-state index contributed by atoms with van der Waals surface area (Å²) >= 11 is 0. The Labute approximate surface area is 212 Å². The maximum absolute atomic E-state index is 10.7. The van der Waals surface area contributed by atoms with E-state index in [0.717, 1.165) is 16.7 Å². The number of aliphatic hydroxyl groups excluding tert-OH is 4. The summed E-state index contributed by atoms with van der Waals surface area (Å²) in [7, 11) is 0. The third-order valence-corrected chi connectivity index (χ3v) is 6.21. The number of anilines is 2. The number of hydrogen-bond acceptors (Lipinski definition) is 11. The summed E-state index contributed by atoms with van der Waals surface area (Å²) in [6.45, 7) is -0.134. The van der Waals surface area contributed by atoms with Gasteiger partial charge in [-0.3, -0.25) is 4.57 Å². The SMILES string of the molecule is Nc1ncnc2c1nc(NCc1ccc(-c3ccccc3)c(OCCO)c1)n2[C@@H]1O[C@H](CO)[C@@H](O)[C@H]1O. The van der Waals surface area contributed by atoms with Gasteiger partial charge in [0, 0.05) is 12.1 Å². The van der Waals surface area contributed by atoms with Crippen LogP contribution in [0, 0.1) is 0 Å². The zero-order valence-corrected chi connectivity index (χ0v) is 19.8. The fraction of sp³-hybridized carbons (Fsp3) is 0.320. The molecule has 7 N–H and O–H groups in total. The Kier molecular flexibility index (Phi) is 7.17. The third-order valence-electron chi connectivity index (χ3n) is 6.21. The topological polar surface area (TPSA) is 181 Å². The molecule has 1 aliphatic rings. The number of hydrogen-bond donors (Lipinski definition) is 6. The Hall–Kier alpha value is -3.81. The summed E-state index contributed by atoms with van der Waals surface area (Å²) < 4.78 is 13.0. The molecule has 0 unspecified atom stereocenters. The van der Waals surface area contributed by atoms with Crippen molar-refractivity contribution in [3.8, 4) is 16.9 Å². The van der Waals surface area contributed by atoms with Gasteiger partial charge in [-0.15, -0.1) is 0 Å². The molecule has 12 nitrogen and oxygen atoms in total. The fourth-order valence-corrected chi connectivity index (χ4v) is 4.37. The van der Waals surface area contributed by atoms with E-state index in [1.54, 1.807) is 0 Å². The van der Waals surface area contributed by atoms with E-state index in [0.29, 0.717) is 23.5 Å². The molecule has 0 amide bonds. The highest BCUT2D eigenvalue weighted by Gasteiger charge is 2.45. The lowest BCUT2D eigenvalue weighted by atomic mass is 10.0. The van der Waals surface area contributed by atoms with E-state index in [-0.39, 0.29) is 25.0 Å². The van der Waals surface area contributed by atoms with Gasteiger partial charge in [-0.1, -0.05) is 42.5 Å². The van der Waals surface area contributed by atoms with Crippen LogP contribution >= 0.6 is 0 Å². The minimum Gasteiger partial charge on any atom is -0.491 e. The molecule has 0 bridgehead atoms. The first-order valence-corrected chi connectivity index (χ1v) is 11.8. The largest absolute Gasteiger partial charge is 0.491 e. The Bertz CT molecular complexity index is 1370. The Morgan fingerprint density at radius 3 is 2.59 bits per heavy atom. The van der Waals surface area contributed by atoms with Crippen LogP contribution in [0.2, 0.25) is 0 Å². The van der Waals surface area contributed by atoms with Crippen LogP contribution in [0.15, 0.2) is 54.9 Å². The van der Waals surface area contributed by atoms with Crippen molar-refractivity contribution in [2.45, 2.75) is 31.1 Å². The smallest absolute Gasteiger partial charge is 0.207 e. The van der Waals surface area contributed by atoms with Crippen molar-refractivity contribution in [1.82, 2.24) is 19.5 Å². The van der Waals surface area contributed by atoms with Gasteiger partial charge in [0.1, 0.15) is 37.0 Å². The van der Waals surface area contributed by atoms with Crippen molar-refractivity contribution in [3.63, 3.8) is 0 Å². The average molecular weight is 509 g/mol. The molecule has 12 heteroatoms. The van der Waals surface area contributed by atoms with Crippen molar-refractivity contribution in [3.05, 3.63) is 60.4 Å². The molecule has 0 radical (unpaired) electrons. The van der Waals surface area contributed by atoms with Gasteiger partial charge in [-0.25, -0.2) is 15.0 Å². The molecule has 2 aromatic carbocycles. The second-order valence-corrected chi connectivity index (χ2v) is 8.59. The molecule has 4 aromatic rings. The van der Waals surface area contributed by atoms with Crippen molar-refractivity contribution < 1.29 is 29.9 Å². The molecule has 1 aliphatic heterocycles. The first-order chi connectivity index (χ1) is 18.0. The second-order valence-electron chi connectivity index (χ2n) is 8.59. The first-order valence-electron chi connectivity index (χ1n) is 11.8. The van der Waals surface area contributed by atoms with Gasteiger partial charge in [0.25, 0.3) is 0 Å². The minimum absolute atomic E-state index is 0.117. The van der Waals surface area contributed by atoms with Crippen LogP contribution in [0.25, 0.3) is 22.3 Å². The number of ether oxygens (including phenoxy) is 2. The quantitative estimate of drug-likeness (QED) is 0.187. The van der Waals surface area contributed by atoms with Gasteiger partial charge in [0.15, 0.2) is 23.2 Å². The zero-order valence-electron chi connectivity index (χ0n) is 19.8. The molecule has 2 aromatic heterocycles. The molecule has 0 aliphatic carbocycles. The van der Waals surface area contributed by atoms with Gasteiger partial charge in [0.05, 0.1) is 13.2 Å². The molecule has 0 spiro atoms. The van der Waals surface area contributed by atoms with Gasteiger partial charge in [0.2, 0.25) is 5.95 Å². The number of nitrogens with one attached hydrogen (secondary N) is 1. The van der Waals surface area contributed by atoms with E-state index < -0.39 is 31.1 Å². The third kappa shape index (κ3) is 4.80. The Morgan fingerprint density at radius 1 is 1.05 bits per heavy atom. The number of fused-ring (bicyclic) bond motifs is 1. The minimum atomic E-state index is -1.34. The predicted octanol–water partition coefficient (Wildman–Crippen LogP) is 0.670. The van der Waals surface area contributed by atoms with Gasteiger partial charge < -0.3 is 41.0 Å². The number of imidazole rings is 1. The lowest BCUT2D eigenvalue weighted by molar-refractivity contribution is -0.0501. The highest BCUT2D eigenvalue weighted by molar-refractivity contribution is 5.84. The van der Waals surface area contributed by atoms with E-state index >= 15 is 0 Å². The van der Waals surface area contributed by atoms with Crippen LogP contribution in [0.3, 0.4) is 0 Å². The number of aromatic nitrogens is 4. The molecule has 4 atom stereocenters. The molecule has 1 saturated heterocycles. The molecule has 3 heterocycles. The molecule has 37 heavy (non-hydrogen) atoms. The fourth-order valence-electron chi connectivity index (χ4n) is 4.37. The van der Waals surface area contributed by atoms with Crippen molar-refractivity contribution in [2.24, 2.45) is 0 Å². The lowest BCUT2D eigenvalue weighted by Crippen LogP contribution is -2.33. The van der Waals surface area contributed by atoms with E-state index in [1.165, 1.54) is 10.9 Å². The van der Waals surface area contributed by atoms with Gasteiger partial charge in [-0.05, 0) is 17.2 Å². The maximum atomic E-state index is 10.7. The number of aliphatic hydroxyl groups is 4. The van der Waals surface area contributed by atoms with E-state index in [9.17, 15) is 20.4 Å². The second kappa shape index (κ2) is 10.7. The van der Waals surface area contributed by atoms with E-state index in [4.69, 9.17) is 15.2 Å². The summed E-state index contributed by atoms with van der Waals surface area (Å²) in [5.74, 6) is 1.04. The average Bonchev–Trinajstić information content (AvgIpc) is 3.43. The predicted molar refractivity (Wildman–Crippen MR) is 135 cm³/mol. The number of nitrogen functional groups attached to an aromatic ring is 1. The summed E-state index contributed by atoms with van der Waals surface area (Å²) in [5.41, 5.74) is 9.34. The number of nitrogens with two attached hydrogens (primary N) is 1. The number of benzene rings is 2. The number of rotatable bonds is 9. The summed E-state index contributed by atoms with van der Waals surface area (Å²) in [4.78, 5) is 12.8. The Morgan fingerprint density at radius 2 is 1.86 bits per heavy atom. The van der Waals surface area contributed by atoms with E-state index in [1.807, 2.05) is 48.5 Å². The van der Waals surface area contributed by atoms with Crippen LogP contribution < -0.4 is 15.8 Å². The number of nitrogens with zero attached hydrogens (tertiary/aromatic N) is 4. The highest BCUT2D eigenvalue weighted by Crippen LogP contribution is 2.36. The summed E-state index contributed by atoms with van der Waals surface area (Å²) in [6, 6.07) is 15.5. The molecular weight excluding hydrogens is 480 g/mol. The van der Waals surface area contributed by atoms with Crippen LogP contribution in [-0.2, 0) is 11.3 Å². The first kappa shape index (κ1) is 24.9. The highest BCUT2D eigenvalue weighted by atomic mass is 16.6. The van der Waals surface area contributed by atoms with Crippen LogP contribution in [0.5, 0.6) is 5.75 Å². The maximum Gasteiger partial charge on any atom is 0.207 e. The van der Waals surface area contributed by atoms with E-state index in [2.05, 4.69) is 20.3 Å². The van der Waals surface area contributed by atoms with Crippen molar-refractivity contribution in [1.29, 1.82) is 0 Å². The summed E-state index contributed by atoms with van der Waals surface area (Å²) in [6.07, 6.45) is -3.40. The zero-order chi connectivity index (χ0) is 25.9. The monoisotopic (exact) mass is 508 g/mol. The van der Waals surface area contributed by atoms with Crippen molar-refractivity contribution >= 4 is 22.9 Å². The standard InChI is InChI=1S/C25H28N6O6/c26-22-19-23(29-13-28-22)31(24-21(35)20(34)18(12-33)37-24)25(30-19)27-11-14-6-7-16(15-4-2-1-3-5-15)17(10-14)36-9-8-32/h1-7,10,13,18,20-21,24,32-35H,8-9,11-12H2,(H,27,30)(H2,26,28,29)/t18-,20-,21-,24-/m1/s1. The Balaban J connectivity index is 1.47. The molecule has 0 saturated carbocycles. The summed E-state index contributed by atoms with van der Waals surface area (Å²) in [5, 5.41) is 43.0. The van der Waals surface area contributed by atoms with Crippen LogP contribution in [-0.4, -0.2) is 78.1 Å². The van der Waals surface area contributed by atoms with Crippen molar-refractivity contribution in [2.75, 3.05) is 30.9 Å². The van der Waals surface area contributed by atoms with Crippen LogP contribution in [0.4, 0.5) is 11.8 Å². The normalized spacial score (nSPS) is 21.4. The molecule has 194 valence electrons. The van der Waals surface area contributed by atoms with Gasteiger partial charge >= 0.3 is 0 Å². The molecule has 5 rings (SSSR count). The lowest BCUT2D eigenvalue weighted by Gasteiger charge is -2.20. The van der Waals surface area contributed by atoms with Gasteiger partial charge in [-0.2, -0.15) is 0 Å². The molecular formula is C25H28N6O6. The van der Waals surface area contributed by atoms with Crippen LogP contribution in [0.1, 0.15) is 11.8 Å². The molecule has 1 fully saturated rings.